The summed E-state index contributed by atoms with van der Waals surface area (Å²) in [4.78, 5) is 16.2. The maximum atomic E-state index is 11.5. The van der Waals surface area contributed by atoms with Gasteiger partial charge in [0.1, 0.15) is 11.5 Å². The molecule has 2 saturated heterocycles. The number of carbonyl (C=O) groups is 1. The van der Waals surface area contributed by atoms with Crippen LogP contribution in [0.3, 0.4) is 0 Å². The van der Waals surface area contributed by atoms with E-state index in [0.29, 0.717) is 22.7 Å². The van der Waals surface area contributed by atoms with Gasteiger partial charge in [-0.1, -0.05) is 23.8 Å². The summed E-state index contributed by atoms with van der Waals surface area (Å²) in [5.74, 6) is 0.379. The Kier molecular flexibility index (Phi) is 7.47. The van der Waals surface area contributed by atoms with Crippen molar-refractivity contribution in [3.63, 3.8) is 0 Å². The van der Waals surface area contributed by atoms with E-state index >= 15 is 0 Å². The maximum Gasteiger partial charge on any atom is 0.319 e. The minimum atomic E-state index is -0.288. The van der Waals surface area contributed by atoms with Crippen molar-refractivity contribution in [1.82, 2.24) is 24.6 Å². The predicted molar refractivity (Wildman–Crippen MR) is 147 cm³/mol. The highest BCUT2D eigenvalue weighted by Crippen LogP contribution is 2.36. The monoisotopic (exact) mass is 532 g/mol. The van der Waals surface area contributed by atoms with Gasteiger partial charge >= 0.3 is 6.01 Å². The SMILES string of the molecule is C=C(C1CCN(Cc2ccc(-n3c(O)nnc3-c3cc(C)c(O)cc3O)cc2)CC1)N1CCC(C(N)=O)CC1. The topological polar surface area (TPSA) is 141 Å². The number of aryl methyl sites for hydroxylation is 1. The van der Waals surface area contributed by atoms with Gasteiger partial charge in [0.2, 0.25) is 5.91 Å². The number of benzene rings is 2. The van der Waals surface area contributed by atoms with Crippen molar-refractivity contribution in [1.29, 1.82) is 0 Å². The molecule has 0 radical (unpaired) electrons. The number of rotatable bonds is 7. The highest BCUT2D eigenvalue weighted by molar-refractivity contribution is 5.76. The average Bonchev–Trinajstić information content (AvgIpc) is 3.32. The van der Waals surface area contributed by atoms with Crippen LogP contribution in [0.25, 0.3) is 17.1 Å². The number of likely N-dealkylation sites (tertiary alicyclic amines) is 2. The fourth-order valence-electron chi connectivity index (χ4n) is 5.70. The molecule has 39 heavy (non-hydrogen) atoms. The maximum absolute atomic E-state index is 11.5. The number of carbonyl (C=O) groups excluding carboxylic acids is 1. The van der Waals surface area contributed by atoms with Crippen molar-refractivity contribution in [3.8, 4) is 34.6 Å². The molecule has 3 heterocycles. The van der Waals surface area contributed by atoms with E-state index in [1.807, 2.05) is 24.3 Å². The van der Waals surface area contributed by atoms with Crippen molar-refractivity contribution >= 4 is 5.91 Å². The van der Waals surface area contributed by atoms with E-state index in [-0.39, 0.29) is 35.2 Å². The van der Waals surface area contributed by atoms with Crippen molar-refractivity contribution in [2.24, 2.45) is 17.6 Å². The summed E-state index contributed by atoms with van der Waals surface area (Å²) in [5, 5.41) is 38.5. The number of phenolic OH excluding ortho intramolecular Hbond substituents is 2. The Labute approximate surface area is 228 Å². The lowest BCUT2D eigenvalue weighted by Gasteiger charge is -2.40. The van der Waals surface area contributed by atoms with Gasteiger partial charge in [0.15, 0.2) is 5.82 Å². The van der Waals surface area contributed by atoms with Crippen LogP contribution in [-0.4, -0.2) is 72.0 Å². The molecule has 0 unspecified atom stereocenters. The van der Waals surface area contributed by atoms with E-state index in [1.54, 1.807) is 13.0 Å². The molecule has 1 amide bonds. The minimum Gasteiger partial charge on any atom is -0.508 e. The number of hydrogen-bond donors (Lipinski definition) is 4. The summed E-state index contributed by atoms with van der Waals surface area (Å²) in [6.07, 6.45) is 3.74. The van der Waals surface area contributed by atoms with E-state index in [9.17, 15) is 20.1 Å². The first-order valence-corrected chi connectivity index (χ1v) is 13.4. The van der Waals surface area contributed by atoms with Gasteiger partial charge in [-0.3, -0.25) is 9.69 Å². The van der Waals surface area contributed by atoms with E-state index in [4.69, 9.17) is 5.73 Å². The molecule has 2 aliphatic heterocycles. The number of primary amides is 1. The van der Waals surface area contributed by atoms with Crippen LogP contribution in [-0.2, 0) is 11.3 Å². The van der Waals surface area contributed by atoms with Gasteiger partial charge in [-0.25, -0.2) is 4.57 Å². The molecule has 2 fully saturated rings. The zero-order valence-electron chi connectivity index (χ0n) is 22.3. The summed E-state index contributed by atoms with van der Waals surface area (Å²) < 4.78 is 1.47. The third kappa shape index (κ3) is 5.56. The summed E-state index contributed by atoms with van der Waals surface area (Å²) in [6, 6.07) is 10.4. The molecular weight excluding hydrogens is 496 g/mol. The van der Waals surface area contributed by atoms with E-state index < -0.39 is 0 Å². The molecule has 10 nitrogen and oxygen atoms in total. The van der Waals surface area contributed by atoms with E-state index in [1.165, 1.54) is 16.3 Å². The first-order valence-electron chi connectivity index (χ1n) is 13.4. The molecule has 206 valence electrons. The summed E-state index contributed by atoms with van der Waals surface area (Å²) >= 11 is 0. The van der Waals surface area contributed by atoms with E-state index in [0.717, 1.165) is 64.0 Å². The number of aromatic nitrogens is 3. The molecule has 0 spiro atoms. The fraction of sp³-hybridized carbons (Fsp3) is 0.414. The second-order valence-corrected chi connectivity index (χ2v) is 10.7. The third-order valence-electron chi connectivity index (χ3n) is 8.16. The van der Waals surface area contributed by atoms with Crippen LogP contribution in [0, 0.1) is 18.8 Å². The lowest BCUT2D eigenvalue weighted by Crippen LogP contribution is -2.41. The molecule has 1 aromatic heterocycles. The number of piperidine rings is 2. The first-order chi connectivity index (χ1) is 18.7. The van der Waals surface area contributed by atoms with Crippen LogP contribution < -0.4 is 5.73 Å². The van der Waals surface area contributed by atoms with Crippen LogP contribution in [0.5, 0.6) is 17.5 Å². The smallest absolute Gasteiger partial charge is 0.319 e. The predicted octanol–water partition coefficient (Wildman–Crippen LogP) is 3.28. The number of phenols is 2. The van der Waals surface area contributed by atoms with Gasteiger partial charge in [0.25, 0.3) is 0 Å². The number of nitrogens with two attached hydrogens (primary N) is 1. The summed E-state index contributed by atoms with van der Waals surface area (Å²) in [7, 11) is 0. The Morgan fingerprint density at radius 1 is 0.949 bits per heavy atom. The standard InChI is InChI=1S/C29H36N6O4/c1-18-15-24(26(37)16-25(18)36)28-31-32-29(39)35(28)23-5-3-20(4-6-23)17-33-11-7-21(8-12-33)19(2)34-13-9-22(10-14-34)27(30)38/h3-6,15-16,21-22,36-37H,2,7-14,17H2,1H3,(H2,30,38)(H,32,39). The Bertz CT molecular complexity index is 1350. The third-order valence-corrected chi connectivity index (χ3v) is 8.16. The van der Waals surface area contributed by atoms with Crippen LogP contribution in [0.4, 0.5) is 0 Å². The van der Waals surface area contributed by atoms with E-state index in [2.05, 4.69) is 26.6 Å². The Hall–Kier alpha value is -4.05. The minimum absolute atomic E-state index is 0.00737. The summed E-state index contributed by atoms with van der Waals surface area (Å²) in [6.45, 7) is 10.6. The van der Waals surface area contributed by atoms with Gasteiger partial charge in [-0.15, -0.1) is 5.10 Å². The van der Waals surface area contributed by atoms with Crippen LogP contribution >= 0.6 is 0 Å². The lowest BCUT2D eigenvalue weighted by molar-refractivity contribution is -0.123. The molecule has 2 aliphatic rings. The van der Waals surface area contributed by atoms with Crippen molar-refractivity contribution in [2.45, 2.75) is 39.2 Å². The quantitative estimate of drug-likeness (QED) is 0.363. The molecule has 0 saturated carbocycles. The largest absolute Gasteiger partial charge is 0.508 e. The molecule has 3 aromatic rings. The normalized spacial score (nSPS) is 17.4. The zero-order valence-corrected chi connectivity index (χ0v) is 22.3. The van der Waals surface area contributed by atoms with Gasteiger partial charge < -0.3 is 26.0 Å². The number of nitrogens with zero attached hydrogens (tertiary/aromatic N) is 5. The van der Waals surface area contributed by atoms with Gasteiger partial charge in [-0.05, 0) is 75.0 Å². The molecule has 10 heteroatoms. The molecule has 2 aromatic carbocycles. The van der Waals surface area contributed by atoms with Crippen LogP contribution in [0.2, 0.25) is 0 Å². The van der Waals surface area contributed by atoms with Crippen LogP contribution in [0.15, 0.2) is 48.7 Å². The highest BCUT2D eigenvalue weighted by atomic mass is 16.3. The molecule has 0 bridgehead atoms. The second kappa shape index (κ2) is 11.0. The highest BCUT2D eigenvalue weighted by Gasteiger charge is 2.28. The summed E-state index contributed by atoms with van der Waals surface area (Å²) in [5.41, 5.74) is 9.43. The fourth-order valence-corrected chi connectivity index (χ4v) is 5.70. The zero-order chi connectivity index (χ0) is 27.7. The number of amides is 1. The number of aromatic hydroxyl groups is 3. The Balaban J connectivity index is 1.20. The van der Waals surface area contributed by atoms with Crippen molar-refractivity contribution in [2.75, 3.05) is 26.2 Å². The first kappa shape index (κ1) is 26.6. The van der Waals surface area contributed by atoms with Gasteiger partial charge in [0, 0.05) is 43.2 Å². The van der Waals surface area contributed by atoms with Crippen molar-refractivity contribution in [3.05, 3.63) is 59.8 Å². The van der Waals surface area contributed by atoms with Crippen LogP contribution in [0.1, 0.15) is 36.8 Å². The number of allylic oxidation sites excluding steroid dienone is 1. The number of hydrogen-bond acceptors (Lipinski definition) is 8. The Morgan fingerprint density at radius 3 is 2.23 bits per heavy atom. The van der Waals surface area contributed by atoms with Gasteiger partial charge in [0.05, 0.1) is 11.3 Å². The molecule has 0 atom stereocenters. The lowest BCUT2D eigenvalue weighted by atomic mass is 9.90. The molecule has 5 rings (SSSR count). The second-order valence-electron chi connectivity index (χ2n) is 10.7. The average molecular weight is 533 g/mol. The molecule has 0 aliphatic carbocycles. The Morgan fingerprint density at radius 2 is 1.59 bits per heavy atom. The van der Waals surface area contributed by atoms with Crippen molar-refractivity contribution < 1.29 is 20.1 Å². The molecule has 5 N–H and O–H groups in total. The molecular formula is C29H36N6O4. The van der Waals surface area contributed by atoms with Gasteiger partial charge in [-0.2, -0.15) is 0 Å².